The molecule has 1 saturated carbocycles. The van der Waals surface area contributed by atoms with Crippen molar-refractivity contribution < 1.29 is 32.7 Å². The number of para-hydroxylation sites is 3. The van der Waals surface area contributed by atoms with Crippen LogP contribution >= 0.6 is 0 Å². The molecule has 0 bridgehead atoms. The van der Waals surface area contributed by atoms with E-state index in [1.54, 1.807) is 0 Å². The van der Waals surface area contributed by atoms with Gasteiger partial charge < -0.3 is 14.0 Å². The third-order valence-corrected chi connectivity index (χ3v) is 12.9. The molecular weight excluding hydrogens is 959 g/mol. The van der Waals surface area contributed by atoms with E-state index in [0.29, 0.717) is 35.2 Å². The first-order valence-electron chi connectivity index (χ1n) is 25.0. The van der Waals surface area contributed by atoms with Crippen molar-refractivity contribution in [3.05, 3.63) is 174 Å². The first kappa shape index (κ1) is 36.5. The minimum absolute atomic E-state index is 0. The van der Waals surface area contributed by atoms with Crippen molar-refractivity contribution in [1.29, 1.82) is 0 Å². The molecule has 3 heterocycles. The fourth-order valence-corrected chi connectivity index (χ4v) is 9.37. The van der Waals surface area contributed by atoms with Gasteiger partial charge in [0.25, 0.3) is 0 Å². The van der Waals surface area contributed by atoms with Gasteiger partial charge in [0.1, 0.15) is 5.58 Å². The van der Waals surface area contributed by atoms with Gasteiger partial charge in [0.2, 0.25) is 0 Å². The van der Waals surface area contributed by atoms with Crippen molar-refractivity contribution >= 4 is 54.5 Å². The maximum atomic E-state index is 9.41. The largest absolute Gasteiger partial charge is 0.501 e. The maximum Gasteiger partial charge on any atom is 0.121 e. The molecule has 1 aliphatic rings. The Kier molecular flexibility index (Phi) is 10.0. The monoisotopic (exact) mass is 1020 g/mol. The van der Waals surface area contributed by atoms with Crippen LogP contribution in [0.5, 0.6) is 0 Å². The molecule has 0 unspecified atom stereocenters. The number of imidazole rings is 1. The molecule has 1 aliphatic carbocycles. The average Bonchev–Trinajstić information content (AvgIpc) is 3.89. The number of pyridine rings is 1. The molecule has 1 radical (unpaired) electrons. The summed E-state index contributed by atoms with van der Waals surface area (Å²) in [4.78, 5) is 9.53. The number of fused-ring (bicyclic) bond motifs is 7. The van der Waals surface area contributed by atoms with Crippen LogP contribution in [0, 0.1) is 24.4 Å². The molecule has 3 aromatic heterocycles. The van der Waals surface area contributed by atoms with E-state index in [4.69, 9.17) is 16.3 Å². The van der Waals surface area contributed by atoms with Gasteiger partial charge >= 0.3 is 0 Å². The molecule has 5 heteroatoms. The van der Waals surface area contributed by atoms with Gasteiger partial charge in [-0.15, -0.1) is 54.1 Å². The van der Waals surface area contributed by atoms with E-state index in [1.807, 2.05) is 119 Å². The Morgan fingerprint density at radius 3 is 2.23 bits per heavy atom. The van der Waals surface area contributed by atoms with Gasteiger partial charge in [0.05, 0.1) is 22.4 Å². The van der Waals surface area contributed by atoms with Crippen LogP contribution in [0.15, 0.2) is 144 Å². The molecular formula is C59H55IrN3O-2. The average molecular weight is 1020 g/mol. The Bertz CT molecular complexity index is 3540. The van der Waals surface area contributed by atoms with E-state index < -0.39 is 24.5 Å². The van der Waals surface area contributed by atoms with Crippen molar-refractivity contribution in [3.8, 4) is 28.3 Å². The number of furan rings is 1. The normalized spacial score (nSPS) is 16.5. The van der Waals surface area contributed by atoms with Crippen molar-refractivity contribution in [2.75, 3.05) is 0 Å². The number of rotatable bonds is 6. The third kappa shape index (κ3) is 7.99. The smallest absolute Gasteiger partial charge is 0.121 e. The number of nitrogens with zero attached hydrogens (tertiary/aromatic N) is 3. The third-order valence-electron chi connectivity index (χ3n) is 12.9. The van der Waals surface area contributed by atoms with Crippen molar-refractivity contribution in [2.45, 2.75) is 91.8 Å². The summed E-state index contributed by atoms with van der Waals surface area (Å²) in [6, 6.07) is 51.0. The quantitative estimate of drug-likeness (QED) is 0.123. The van der Waals surface area contributed by atoms with Crippen LogP contribution in [0.3, 0.4) is 0 Å². The van der Waals surface area contributed by atoms with Gasteiger partial charge in [-0.3, -0.25) is 4.98 Å². The second-order valence-corrected chi connectivity index (χ2v) is 18.2. The number of benzene rings is 7. The Morgan fingerprint density at radius 2 is 1.48 bits per heavy atom. The second-order valence-electron chi connectivity index (χ2n) is 18.2. The molecule has 0 N–H and O–H groups in total. The van der Waals surface area contributed by atoms with E-state index in [0.717, 1.165) is 79.2 Å². The number of hydrogen-bond acceptors (Lipinski definition) is 3. The maximum absolute atomic E-state index is 9.41. The van der Waals surface area contributed by atoms with Crippen LogP contribution in [-0.4, -0.2) is 14.5 Å². The molecule has 10 aromatic rings. The summed E-state index contributed by atoms with van der Waals surface area (Å²) >= 11 is 0. The van der Waals surface area contributed by atoms with Crippen LogP contribution in [0.4, 0.5) is 0 Å². The van der Waals surface area contributed by atoms with Gasteiger partial charge in [-0.1, -0.05) is 125 Å². The molecule has 323 valence electrons. The summed E-state index contributed by atoms with van der Waals surface area (Å²) in [5.74, 6) is -1.87. The van der Waals surface area contributed by atoms with Gasteiger partial charge in [0.15, 0.2) is 0 Å². The molecule has 4 nitrogen and oxygen atoms in total. The predicted octanol–water partition coefficient (Wildman–Crippen LogP) is 16.5. The summed E-state index contributed by atoms with van der Waals surface area (Å²) < 4.78 is 60.2. The van der Waals surface area contributed by atoms with Crippen molar-refractivity contribution in [3.63, 3.8) is 0 Å². The fraction of sp³-hybridized carbons (Fsp3) is 0.254. The number of hydrogen-bond donors (Lipinski definition) is 0. The van der Waals surface area contributed by atoms with Crippen LogP contribution in [-0.2, 0) is 20.1 Å². The molecule has 64 heavy (non-hydrogen) atoms. The van der Waals surface area contributed by atoms with E-state index >= 15 is 0 Å². The molecule has 11 rings (SSSR count). The zero-order chi connectivity index (χ0) is 48.7. The topological polar surface area (TPSA) is 43.9 Å². The zero-order valence-electron chi connectivity index (χ0n) is 43.2. The first-order chi connectivity index (χ1) is 32.7. The van der Waals surface area contributed by atoms with Crippen molar-refractivity contribution in [1.82, 2.24) is 14.5 Å². The Balaban J connectivity index is 0.000000180. The Labute approximate surface area is 399 Å². The Morgan fingerprint density at radius 1 is 0.750 bits per heavy atom. The SMILES string of the molecule is [2H]C(C)(C)c1cccc(C([2H])(C)C)c1-n1c(-c2[c-]cccc2)nc2ccccc21.[2H]C([2H])([2H])c1cnc(-c2[c-]ccc3c2oc2cc4c(ccc5ccccc54)cc23)cc1C1([2H])CCC(C)(C)CC1.[Ir]. The molecule has 1 fully saturated rings. The van der Waals surface area contributed by atoms with Crippen molar-refractivity contribution in [2.24, 2.45) is 5.41 Å². The molecule has 0 aliphatic heterocycles. The summed E-state index contributed by atoms with van der Waals surface area (Å²) in [7, 11) is 0. The fourth-order valence-electron chi connectivity index (χ4n) is 9.37. The first-order valence-corrected chi connectivity index (χ1v) is 22.0. The van der Waals surface area contributed by atoms with Crippen LogP contribution in [0.1, 0.15) is 115 Å². The molecule has 0 spiro atoms. The number of aromatic nitrogens is 3. The van der Waals surface area contributed by atoms with E-state index in [1.165, 1.54) is 17.0 Å². The van der Waals surface area contributed by atoms with Crippen LogP contribution in [0.25, 0.3) is 82.8 Å². The van der Waals surface area contributed by atoms with E-state index in [-0.39, 0.29) is 31.1 Å². The number of aryl methyl sites for hydroxylation is 1. The molecule has 0 saturated heterocycles. The molecule has 7 aromatic carbocycles. The summed E-state index contributed by atoms with van der Waals surface area (Å²) in [6.07, 6.45) is 4.44. The van der Waals surface area contributed by atoms with Gasteiger partial charge in [0, 0.05) is 45.6 Å². The van der Waals surface area contributed by atoms with E-state index in [2.05, 4.69) is 78.0 Å². The van der Waals surface area contributed by atoms with Crippen LogP contribution < -0.4 is 0 Å². The Hall–Kier alpha value is -5.87. The predicted molar refractivity (Wildman–Crippen MR) is 264 cm³/mol. The summed E-state index contributed by atoms with van der Waals surface area (Å²) in [6.45, 7) is 9.65. The van der Waals surface area contributed by atoms with Gasteiger partial charge in [-0.05, 0) is 129 Å². The summed E-state index contributed by atoms with van der Waals surface area (Å²) in [5, 5.41) is 6.61. The second kappa shape index (κ2) is 17.6. The van der Waals surface area contributed by atoms with Gasteiger partial charge in [-0.2, -0.15) is 0 Å². The minimum atomic E-state index is -2.35. The van der Waals surface area contributed by atoms with Gasteiger partial charge in [-0.25, -0.2) is 0 Å². The van der Waals surface area contributed by atoms with E-state index in [9.17, 15) is 1.37 Å². The molecule has 0 amide bonds. The standard InChI is InChI=1S/C34H30NO.C25H25N2.Ir/c1-21-20-35-31(18-28(21)23-13-15-34(2,3)16-14-23)27-10-6-9-26-30-17-24-12-11-22-7-4-5-8-25(22)29(24)19-32(30)36-33(26)27;1-17(2)20-13-10-14-21(18(3)4)24(20)27-23-16-9-8-15-22(23)26-25(27)19-11-6-5-7-12-19;/h4-9,11-12,17-20,23H,13-16H2,1-3H3;5-11,13-18H,1-4H3;/q2*-1;/i1D3,23D;17D,18D;. The zero-order valence-corrected chi connectivity index (χ0v) is 39.6. The molecule has 0 atom stereocenters. The summed E-state index contributed by atoms with van der Waals surface area (Å²) in [5.41, 5.74) is 8.92. The minimum Gasteiger partial charge on any atom is -0.501 e. The van der Waals surface area contributed by atoms with Crippen LogP contribution in [0.2, 0.25) is 0 Å².